The van der Waals surface area contributed by atoms with Gasteiger partial charge in [0.2, 0.25) is 0 Å². The topological polar surface area (TPSA) is 201 Å². The fourth-order valence-electron chi connectivity index (χ4n) is 0. The Labute approximate surface area is 230 Å². The van der Waals surface area contributed by atoms with Crippen molar-refractivity contribution < 1.29 is 39.6 Å². The van der Waals surface area contributed by atoms with Gasteiger partial charge in [-0.05, 0) is 0 Å². The second-order valence-corrected chi connectivity index (χ2v) is 2.65. The zero-order chi connectivity index (χ0) is 17.7. The first-order valence-corrected chi connectivity index (χ1v) is 5.03. The van der Waals surface area contributed by atoms with Crippen molar-refractivity contribution in [3.05, 3.63) is 0 Å². The third-order valence-corrected chi connectivity index (χ3v) is 0.167. The number of aliphatic carboxylic acids is 4. The summed E-state index contributed by atoms with van der Waals surface area (Å²) in [6.07, 6.45) is 0. The standard InChI is InChI=1S/C2H8N2.4C2H4O2.4Na.3H/c3-1-2-4;4*1-2(3)4;;;;;;;/h1-4H2;4*1H3,(H,3,4);;;;;;;. The van der Waals surface area contributed by atoms with Crippen molar-refractivity contribution in [2.45, 2.75) is 27.7 Å². The molecule has 0 spiro atoms. The van der Waals surface area contributed by atoms with Crippen LogP contribution in [-0.4, -0.2) is 176 Å². The van der Waals surface area contributed by atoms with Gasteiger partial charge in [-0.15, -0.1) is 0 Å². The van der Waals surface area contributed by atoms with Crippen LogP contribution in [0.25, 0.3) is 0 Å². The molecule has 0 aromatic carbocycles. The zero-order valence-electron chi connectivity index (χ0n) is 13.0. The molecule has 0 saturated heterocycles. The van der Waals surface area contributed by atoms with Gasteiger partial charge in [-0.2, -0.15) is 0 Å². The Bertz CT molecular complexity index is 205. The molecular weight excluding hydrogens is 368 g/mol. The first kappa shape index (κ1) is 56.2. The molecule has 0 aromatic rings. The summed E-state index contributed by atoms with van der Waals surface area (Å²) in [6.45, 7) is 5.53. The summed E-state index contributed by atoms with van der Waals surface area (Å²) in [4.78, 5) is 36.0. The molecule has 14 heteroatoms. The minimum Gasteiger partial charge on any atom is 0 e. The predicted octanol–water partition coefficient (Wildman–Crippen LogP) is -3.06. The molecule has 0 amide bonds. The molecule has 129 valence electrons. The quantitative estimate of drug-likeness (QED) is 0.248. The van der Waals surface area contributed by atoms with E-state index in [4.69, 9.17) is 51.1 Å². The largest absolute Gasteiger partial charge is 0 e. The molecule has 8 N–H and O–H groups in total. The van der Waals surface area contributed by atoms with E-state index in [1.807, 2.05) is 0 Å². The number of carboxylic acids is 4. The van der Waals surface area contributed by atoms with Crippen LogP contribution in [0.3, 0.4) is 0 Å². The third-order valence-electron chi connectivity index (χ3n) is 0.167. The van der Waals surface area contributed by atoms with Crippen LogP contribution in [0.5, 0.6) is 0 Å². The molecule has 0 bridgehead atoms. The second kappa shape index (κ2) is 56.3. The molecule has 10 nitrogen and oxygen atoms in total. The van der Waals surface area contributed by atoms with Gasteiger partial charge in [0.1, 0.15) is 0 Å². The van der Waals surface area contributed by atoms with Gasteiger partial charge in [-0.1, -0.05) is 0 Å². The van der Waals surface area contributed by atoms with Crippen molar-refractivity contribution in [2.75, 3.05) is 13.1 Å². The van der Waals surface area contributed by atoms with Crippen LogP contribution < -0.4 is 11.5 Å². The number of carboxylic acid groups (broad SMARTS) is 4. The van der Waals surface area contributed by atoms with Gasteiger partial charge < -0.3 is 31.9 Å². The molecule has 24 heavy (non-hydrogen) atoms. The SMILES string of the molecule is CC(=O)O.CC(=O)O.CC(=O)O.CC(=O)O.NCCN.[NaH].[NaH].[NaH].[Na]. The fourth-order valence-corrected chi connectivity index (χ4v) is 0. The normalized spacial score (nSPS) is 5.42. The average Bonchev–Trinajstić information content (AvgIpc) is 2.13. The second-order valence-electron chi connectivity index (χ2n) is 2.65. The monoisotopic (exact) mass is 395 g/mol. The van der Waals surface area contributed by atoms with E-state index in [2.05, 4.69) is 0 Å². The smallest absolute Gasteiger partial charge is 0 e. The number of nitrogens with two attached hydrogens (primary N) is 2. The van der Waals surface area contributed by atoms with Crippen molar-refractivity contribution in [2.24, 2.45) is 11.5 Å². The van der Waals surface area contributed by atoms with Crippen molar-refractivity contribution in [1.82, 2.24) is 0 Å². The number of carbonyl (C=O) groups is 4. The summed E-state index contributed by atoms with van der Waals surface area (Å²) >= 11 is 0. The maximum absolute atomic E-state index is 9.00. The van der Waals surface area contributed by atoms with Crippen LogP contribution in [0.4, 0.5) is 0 Å². The summed E-state index contributed by atoms with van der Waals surface area (Å²) in [5.74, 6) is -3.33. The van der Waals surface area contributed by atoms with Crippen LogP contribution in [-0.2, 0) is 19.2 Å². The van der Waals surface area contributed by atoms with E-state index in [-0.39, 0.29) is 118 Å². The van der Waals surface area contributed by atoms with E-state index in [0.717, 1.165) is 27.7 Å². The van der Waals surface area contributed by atoms with Crippen LogP contribution in [0.1, 0.15) is 27.7 Å². The van der Waals surface area contributed by atoms with Crippen LogP contribution in [0, 0.1) is 0 Å². The minimum atomic E-state index is -0.833. The number of rotatable bonds is 1. The molecular formula is C10H27N2Na4O8. The molecule has 0 saturated carbocycles. The minimum absolute atomic E-state index is 0. The predicted molar refractivity (Wildman–Crippen MR) is 98.5 cm³/mol. The van der Waals surface area contributed by atoms with E-state index in [1.54, 1.807) is 0 Å². The Morgan fingerprint density at radius 2 is 0.625 bits per heavy atom. The van der Waals surface area contributed by atoms with E-state index >= 15 is 0 Å². The van der Waals surface area contributed by atoms with Crippen LogP contribution >= 0.6 is 0 Å². The molecule has 1 radical (unpaired) electrons. The van der Waals surface area contributed by atoms with Gasteiger partial charge in [-0.25, -0.2) is 0 Å². The summed E-state index contributed by atoms with van der Waals surface area (Å²) in [7, 11) is 0. The molecule has 0 unspecified atom stereocenters. The first-order valence-electron chi connectivity index (χ1n) is 5.03. The van der Waals surface area contributed by atoms with Gasteiger partial charge in [0.05, 0.1) is 0 Å². The van der Waals surface area contributed by atoms with Crippen LogP contribution in [0.2, 0.25) is 0 Å². The third kappa shape index (κ3) is 1580. The Morgan fingerprint density at radius 3 is 0.625 bits per heavy atom. The maximum Gasteiger partial charge on any atom is 0 e. The Morgan fingerprint density at radius 1 is 0.583 bits per heavy atom. The first-order chi connectivity index (χ1) is 8.84. The molecule has 0 aliphatic carbocycles. The van der Waals surface area contributed by atoms with Crippen molar-refractivity contribution in [3.8, 4) is 0 Å². The van der Waals surface area contributed by atoms with Crippen molar-refractivity contribution in [1.29, 1.82) is 0 Å². The van der Waals surface area contributed by atoms with E-state index in [9.17, 15) is 0 Å². The maximum atomic E-state index is 9.00. The zero-order valence-corrected chi connectivity index (χ0v) is 15.0. The Hall–Kier alpha value is 1.80. The summed E-state index contributed by atoms with van der Waals surface area (Å²) in [6, 6.07) is 0. The number of hydrogen-bond acceptors (Lipinski definition) is 6. The van der Waals surface area contributed by atoms with Gasteiger partial charge in [0.15, 0.2) is 0 Å². The van der Waals surface area contributed by atoms with Gasteiger partial charge in [0.25, 0.3) is 23.9 Å². The molecule has 0 atom stereocenters. The fraction of sp³-hybridized carbons (Fsp3) is 0.600. The van der Waals surface area contributed by atoms with Crippen molar-refractivity contribution >= 4 is 142 Å². The average molecular weight is 395 g/mol. The van der Waals surface area contributed by atoms with Crippen LogP contribution in [0.15, 0.2) is 0 Å². The Kier molecular flexibility index (Phi) is 132. The van der Waals surface area contributed by atoms with E-state index in [1.165, 1.54) is 0 Å². The molecule has 0 aliphatic heterocycles. The molecule has 0 aromatic heterocycles. The van der Waals surface area contributed by atoms with E-state index in [0.29, 0.717) is 13.1 Å². The molecule has 0 heterocycles. The van der Waals surface area contributed by atoms with Crippen molar-refractivity contribution in [3.63, 3.8) is 0 Å². The van der Waals surface area contributed by atoms with Gasteiger partial charge in [0, 0.05) is 70.3 Å². The molecule has 0 rings (SSSR count). The molecule has 0 fully saturated rings. The van der Waals surface area contributed by atoms with E-state index < -0.39 is 23.9 Å². The Balaban J connectivity index is -0.0000000161. The number of hydrogen-bond donors (Lipinski definition) is 6. The van der Waals surface area contributed by atoms with Gasteiger partial charge >= 0.3 is 88.7 Å². The van der Waals surface area contributed by atoms with Gasteiger partial charge in [-0.3, -0.25) is 19.2 Å². The summed E-state index contributed by atoms with van der Waals surface area (Å²) in [5.41, 5.74) is 9.81. The summed E-state index contributed by atoms with van der Waals surface area (Å²) in [5, 5.41) is 29.7. The summed E-state index contributed by atoms with van der Waals surface area (Å²) < 4.78 is 0. The molecule has 0 aliphatic rings.